The first-order valence-corrected chi connectivity index (χ1v) is 10.1. The van der Waals surface area contributed by atoms with Crippen LogP contribution in [0.15, 0.2) is 67.4 Å². The molecule has 1 N–H and O–H groups in total. The number of aromatic nitrogens is 2. The minimum Gasteiger partial charge on any atom is -0.508 e. The largest absolute Gasteiger partial charge is 0.508 e. The van der Waals surface area contributed by atoms with Gasteiger partial charge in [-0.3, -0.25) is 0 Å². The highest BCUT2D eigenvalue weighted by Gasteiger charge is 2.15. The van der Waals surface area contributed by atoms with Crippen molar-refractivity contribution in [3.63, 3.8) is 0 Å². The maximum atomic E-state index is 11.8. The lowest BCUT2D eigenvalue weighted by atomic mass is 9.87. The molecular formula is C22H20N2O4S. The van der Waals surface area contributed by atoms with Crippen LogP contribution < -0.4 is 5.63 Å². The third-order valence-corrected chi connectivity index (χ3v) is 5.44. The molecule has 0 aliphatic heterocycles. The van der Waals surface area contributed by atoms with E-state index in [1.807, 2.05) is 12.1 Å². The molecule has 0 radical (unpaired) electrons. The van der Waals surface area contributed by atoms with Crippen molar-refractivity contribution in [3.05, 3.63) is 70.1 Å². The fourth-order valence-corrected chi connectivity index (χ4v) is 3.73. The molecule has 0 atom stereocenters. The number of phenols is 1. The molecule has 148 valence electrons. The second-order valence-electron chi connectivity index (χ2n) is 7.76. The molecular weight excluding hydrogens is 388 g/mol. The SMILES string of the molecule is CC(C)(C)c1ccc(-c2nnc(SCc3cc(=O)oc4cc(O)ccc34)o2)cc1. The van der Waals surface area contributed by atoms with E-state index < -0.39 is 5.63 Å². The molecule has 0 aliphatic carbocycles. The average Bonchev–Trinajstić information content (AvgIpc) is 3.14. The maximum absolute atomic E-state index is 11.8. The summed E-state index contributed by atoms with van der Waals surface area (Å²) in [5.74, 6) is 0.956. The summed E-state index contributed by atoms with van der Waals surface area (Å²) in [6, 6.07) is 14.2. The van der Waals surface area contributed by atoms with Crippen molar-refractivity contribution in [2.75, 3.05) is 0 Å². The highest BCUT2D eigenvalue weighted by molar-refractivity contribution is 7.98. The third-order valence-electron chi connectivity index (χ3n) is 4.57. The Morgan fingerprint density at radius 1 is 1.00 bits per heavy atom. The molecule has 2 heterocycles. The number of thioether (sulfide) groups is 1. The van der Waals surface area contributed by atoms with Crippen LogP contribution in [-0.2, 0) is 11.2 Å². The van der Waals surface area contributed by atoms with E-state index in [1.165, 1.54) is 29.5 Å². The summed E-state index contributed by atoms with van der Waals surface area (Å²) in [5, 5.41) is 19.0. The zero-order valence-electron chi connectivity index (χ0n) is 16.3. The smallest absolute Gasteiger partial charge is 0.336 e. The van der Waals surface area contributed by atoms with Gasteiger partial charge in [0.05, 0.1) is 0 Å². The van der Waals surface area contributed by atoms with Gasteiger partial charge in [-0.15, -0.1) is 10.2 Å². The highest BCUT2D eigenvalue weighted by Crippen LogP contribution is 2.30. The van der Waals surface area contributed by atoms with Crippen LogP contribution in [0.3, 0.4) is 0 Å². The summed E-state index contributed by atoms with van der Waals surface area (Å²) >= 11 is 1.34. The van der Waals surface area contributed by atoms with Crippen LogP contribution in [0.2, 0.25) is 0 Å². The Morgan fingerprint density at radius 3 is 2.48 bits per heavy atom. The van der Waals surface area contributed by atoms with E-state index in [0.717, 1.165) is 16.5 Å². The van der Waals surface area contributed by atoms with E-state index in [4.69, 9.17) is 8.83 Å². The molecule has 4 aromatic rings. The number of phenolic OH excluding ortho intramolecular Hbond substituents is 1. The Hall–Kier alpha value is -3.06. The molecule has 6 nitrogen and oxygen atoms in total. The van der Waals surface area contributed by atoms with Crippen LogP contribution in [0.4, 0.5) is 0 Å². The monoisotopic (exact) mass is 408 g/mol. The number of aromatic hydroxyl groups is 1. The Bertz CT molecular complexity index is 1220. The zero-order chi connectivity index (χ0) is 20.6. The van der Waals surface area contributed by atoms with Gasteiger partial charge in [0.25, 0.3) is 5.22 Å². The van der Waals surface area contributed by atoms with Gasteiger partial charge in [-0.05, 0) is 40.8 Å². The second kappa shape index (κ2) is 7.40. The molecule has 7 heteroatoms. The molecule has 0 saturated heterocycles. The number of fused-ring (bicyclic) bond motifs is 1. The fourth-order valence-electron chi connectivity index (χ4n) is 2.98. The number of hydrogen-bond acceptors (Lipinski definition) is 7. The van der Waals surface area contributed by atoms with Gasteiger partial charge in [0.1, 0.15) is 11.3 Å². The zero-order valence-corrected chi connectivity index (χ0v) is 17.1. The van der Waals surface area contributed by atoms with Crippen molar-refractivity contribution in [2.24, 2.45) is 0 Å². The van der Waals surface area contributed by atoms with Crippen molar-refractivity contribution < 1.29 is 13.9 Å². The maximum Gasteiger partial charge on any atom is 0.336 e. The number of hydrogen-bond donors (Lipinski definition) is 1. The average molecular weight is 408 g/mol. The molecule has 29 heavy (non-hydrogen) atoms. The van der Waals surface area contributed by atoms with E-state index >= 15 is 0 Å². The minimum absolute atomic E-state index is 0.0458. The predicted molar refractivity (Wildman–Crippen MR) is 112 cm³/mol. The molecule has 0 aliphatic rings. The summed E-state index contributed by atoms with van der Waals surface area (Å²) in [7, 11) is 0. The predicted octanol–water partition coefficient (Wildman–Crippen LogP) is 5.14. The van der Waals surface area contributed by atoms with E-state index in [1.54, 1.807) is 12.1 Å². The number of rotatable bonds is 4. The quantitative estimate of drug-likeness (QED) is 0.369. The van der Waals surface area contributed by atoms with Crippen LogP contribution in [0, 0.1) is 0 Å². The summed E-state index contributed by atoms with van der Waals surface area (Å²) < 4.78 is 10.9. The van der Waals surface area contributed by atoms with Crippen LogP contribution >= 0.6 is 11.8 Å². The molecule has 2 aromatic heterocycles. The van der Waals surface area contributed by atoms with E-state index in [0.29, 0.717) is 22.4 Å². The van der Waals surface area contributed by atoms with Gasteiger partial charge >= 0.3 is 5.63 Å². The third kappa shape index (κ3) is 4.19. The van der Waals surface area contributed by atoms with Gasteiger partial charge in [0.15, 0.2) is 0 Å². The fraction of sp³-hybridized carbons (Fsp3) is 0.227. The summed E-state index contributed by atoms with van der Waals surface area (Å²) in [5.41, 5.74) is 2.82. The van der Waals surface area contributed by atoms with Gasteiger partial charge in [-0.1, -0.05) is 44.7 Å². The minimum atomic E-state index is -0.469. The van der Waals surface area contributed by atoms with Gasteiger partial charge in [-0.25, -0.2) is 4.79 Å². The van der Waals surface area contributed by atoms with E-state index in [-0.39, 0.29) is 11.2 Å². The normalized spacial score (nSPS) is 11.8. The first kappa shape index (κ1) is 19.3. The lowest BCUT2D eigenvalue weighted by molar-refractivity contribution is 0.465. The van der Waals surface area contributed by atoms with Crippen molar-refractivity contribution >= 4 is 22.7 Å². The second-order valence-corrected chi connectivity index (χ2v) is 8.69. The summed E-state index contributed by atoms with van der Waals surface area (Å²) in [6.07, 6.45) is 0. The van der Waals surface area contributed by atoms with Gasteiger partial charge in [0, 0.05) is 28.8 Å². The Labute approximate surface area is 171 Å². The molecule has 4 rings (SSSR count). The molecule has 0 amide bonds. The Morgan fingerprint density at radius 2 is 1.76 bits per heavy atom. The van der Waals surface area contributed by atoms with Crippen molar-refractivity contribution in [2.45, 2.75) is 37.2 Å². The standard InChI is InChI=1S/C22H20N2O4S/c1-22(2,3)15-6-4-13(5-7-15)20-23-24-21(28-20)29-12-14-10-19(26)27-18-11-16(25)8-9-17(14)18/h4-11,25H,12H2,1-3H3. The first-order valence-electron chi connectivity index (χ1n) is 9.12. The molecule has 0 unspecified atom stereocenters. The lowest BCUT2D eigenvalue weighted by Crippen LogP contribution is -2.10. The number of nitrogens with zero attached hydrogens (tertiary/aromatic N) is 2. The summed E-state index contributed by atoms with van der Waals surface area (Å²) in [6.45, 7) is 6.50. The Kier molecular flexibility index (Phi) is 4.92. The topological polar surface area (TPSA) is 89.4 Å². The summed E-state index contributed by atoms with van der Waals surface area (Å²) in [4.78, 5) is 11.8. The molecule has 0 bridgehead atoms. The van der Waals surface area contributed by atoms with Crippen LogP contribution in [0.25, 0.3) is 22.4 Å². The Balaban J connectivity index is 1.53. The van der Waals surface area contributed by atoms with Gasteiger partial charge < -0.3 is 13.9 Å². The molecule has 0 fully saturated rings. The highest BCUT2D eigenvalue weighted by atomic mass is 32.2. The van der Waals surface area contributed by atoms with Gasteiger partial charge in [-0.2, -0.15) is 0 Å². The van der Waals surface area contributed by atoms with Crippen molar-refractivity contribution in [1.29, 1.82) is 0 Å². The van der Waals surface area contributed by atoms with Crippen LogP contribution in [0.1, 0.15) is 31.9 Å². The molecule has 0 spiro atoms. The van der Waals surface area contributed by atoms with Crippen LogP contribution in [-0.4, -0.2) is 15.3 Å². The van der Waals surface area contributed by atoms with E-state index in [9.17, 15) is 9.90 Å². The van der Waals surface area contributed by atoms with Crippen LogP contribution in [0.5, 0.6) is 5.75 Å². The number of benzene rings is 2. The molecule has 0 saturated carbocycles. The lowest BCUT2D eigenvalue weighted by Gasteiger charge is -2.18. The first-order chi connectivity index (χ1) is 13.8. The van der Waals surface area contributed by atoms with E-state index in [2.05, 4.69) is 43.1 Å². The molecule has 2 aromatic carbocycles. The van der Waals surface area contributed by atoms with Gasteiger partial charge in [0.2, 0.25) is 5.89 Å². The van der Waals surface area contributed by atoms with Crippen molar-refractivity contribution in [1.82, 2.24) is 10.2 Å². The van der Waals surface area contributed by atoms with Crippen molar-refractivity contribution in [3.8, 4) is 17.2 Å².